The second-order valence-corrected chi connectivity index (χ2v) is 6.82. The Kier molecular flexibility index (Phi) is 4.02. The summed E-state index contributed by atoms with van der Waals surface area (Å²) in [5, 5.41) is 9.09. The Labute approximate surface area is 138 Å². The van der Waals surface area contributed by atoms with Crippen LogP contribution in [-0.4, -0.2) is 44.7 Å². The highest BCUT2D eigenvalue weighted by atomic mass is 32.2. The molecule has 9 heteroatoms. The first-order valence-electron chi connectivity index (χ1n) is 6.96. The maximum Gasteiger partial charge on any atom is 0.337 e. The summed E-state index contributed by atoms with van der Waals surface area (Å²) >= 11 is 0. The van der Waals surface area contributed by atoms with Crippen molar-refractivity contribution in [2.45, 2.75) is 4.90 Å². The smallest absolute Gasteiger partial charge is 0.337 e. The molecular formula is C15H14N2O6S. The van der Waals surface area contributed by atoms with E-state index in [1.165, 1.54) is 25.3 Å². The van der Waals surface area contributed by atoms with E-state index in [1.807, 2.05) is 0 Å². The summed E-state index contributed by atoms with van der Waals surface area (Å²) in [6.07, 6.45) is 1.13. The minimum Gasteiger partial charge on any atom is -0.497 e. The molecule has 0 amide bonds. The van der Waals surface area contributed by atoms with Crippen molar-refractivity contribution in [3.05, 3.63) is 42.1 Å². The van der Waals surface area contributed by atoms with Gasteiger partial charge in [-0.25, -0.2) is 18.2 Å². The highest BCUT2D eigenvalue weighted by Gasteiger charge is 2.31. The van der Waals surface area contributed by atoms with Gasteiger partial charge in [0.1, 0.15) is 18.0 Å². The number of fused-ring (bicyclic) bond motifs is 1. The van der Waals surface area contributed by atoms with E-state index in [0.717, 1.165) is 10.5 Å². The van der Waals surface area contributed by atoms with Crippen LogP contribution in [0.1, 0.15) is 10.4 Å². The van der Waals surface area contributed by atoms with Crippen molar-refractivity contribution in [3.8, 4) is 11.6 Å². The van der Waals surface area contributed by atoms with Gasteiger partial charge in [-0.3, -0.25) is 4.31 Å². The number of benzene rings is 1. The standard InChI is InChI=1S/C15H14N2O6S/c1-22-11-2-4-12(5-3-11)24(20,21)17-6-7-23-14-13(17)8-10(9-16-14)15(18)19/h2-5,8-9H,6-7H2,1H3,(H,18,19). The molecule has 0 bridgehead atoms. The second kappa shape index (κ2) is 6.00. The van der Waals surface area contributed by atoms with Gasteiger partial charge >= 0.3 is 5.97 Å². The lowest BCUT2D eigenvalue weighted by atomic mass is 10.2. The number of methoxy groups -OCH3 is 1. The molecule has 0 unspecified atom stereocenters. The number of hydrogen-bond acceptors (Lipinski definition) is 6. The fourth-order valence-electron chi connectivity index (χ4n) is 2.32. The Balaban J connectivity index is 2.06. The van der Waals surface area contributed by atoms with Crippen LogP contribution in [0, 0.1) is 0 Å². The summed E-state index contributed by atoms with van der Waals surface area (Å²) in [6, 6.07) is 7.18. The van der Waals surface area contributed by atoms with Crippen molar-refractivity contribution in [1.29, 1.82) is 0 Å². The fraction of sp³-hybridized carbons (Fsp3) is 0.200. The van der Waals surface area contributed by atoms with E-state index in [0.29, 0.717) is 5.75 Å². The number of carboxylic acids is 1. The SMILES string of the molecule is COc1ccc(S(=O)(=O)N2CCOc3ncc(C(=O)O)cc32)cc1. The number of pyridine rings is 1. The summed E-state index contributed by atoms with van der Waals surface area (Å²) in [7, 11) is -2.39. The van der Waals surface area contributed by atoms with Gasteiger partial charge in [-0.1, -0.05) is 0 Å². The molecule has 0 spiro atoms. The number of carboxylic acid groups (broad SMARTS) is 1. The molecule has 0 aliphatic carbocycles. The quantitative estimate of drug-likeness (QED) is 0.888. The van der Waals surface area contributed by atoms with Crippen LogP contribution in [0.5, 0.6) is 11.6 Å². The van der Waals surface area contributed by atoms with Gasteiger partial charge in [-0.2, -0.15) is 0 Å². The lowest BCUT2D eigenvalue weighted by molar-refractivity contribution is 0.0696. The Hall–Kier alpha value is -2.81. The maximum absolute atomic E-state index is 12.9. The first-order chi connectivity index (χ1) is 11.4. The maximum atomic E-state index is 12.9. The largest absolute Gasteiger partial charge is 0.497 e. The van der Waals surface area contributed by atoms with Crippen LogP contribution in [0.4, 0.5) is 5.69 Å². The van der Waals surface area contributed by atoms with Gasteiger partial charge in [0.15, 0.2) is 0 Å². The second-order valence-electron chi connectivity index (χ2n) is 4.95. The number of aromatic carboxylic acids is 1. The van der Waals surface area contributed by atoms with Crippen LogP contribution in [0.3, 0.4) is 0 Å². The first-order valence-corrected chi connectivity index (χ1v) is 8.40. The molecule has 1 N–H and O–H groups in total. The minimum absolute atomic E-state index is 0.0616. The van der Waals surface area contributed by atoms with Gasteiger partial charge < -0.3 is 14.6 Å². The van der Waals surface area contributed by atoms with Crippen molar-refractivity contribution in [1.82, 2.24) is 4.98 Å². The van der Waals surface area contributed by atoms with Crippen molar-refractivity contribution < 1.29 is 27.8 Å². The van der Waals surface area contributed by atoms with Crippen LogP contribution < -0.4 is 13.8 Å². The molecule has 2 heterocycles. The number of ether oxygens (including phenoxy) is 2. The predicted molar refractivity (Wildman–Crippen MR) is 84.2 cm³/mol. The van der Waals surface area contributed by atoms with Crippen LogP contribution in [0.15, 0.2) is 41.4 Å². The molecule has 0 atom stereocenters. The average Bonchev–Trinajstić information content (AvgIpc) is 2.60. The van der Waals surface area contributed by atoms with E-state index in [4.69, 9.17) is 14.6 Å². The summed E-state index contributed by atoms with van der Waals surface area (Å²) < 4.78 is 37.2. The molecule has 126 valence electrons. The van der Waals surface area contributed by atoms with E-state index in [9.17, 15) is 13.2 Å². The molecule has 1 aromatic heterocycles. The highest BCUT2D eigenvalue weighted by Crippen LogP contribution is 2.34. The number of sulfonamides is 1. The molecule has 0 saturated heterocycles. The van der Waals surface area contributed by atoms with Crippen LogP contribution in [0.2, 0.25) is 0 Å². The third kappa shape index (κ3) is 2.73. The van der Waals surface area contributed by atoms with E-state index < -0.39 is 16.0 Å². The van der Waals surface area contributed by atoms with Crippen molar-refractivity contribution in [2.75, 3.05) is 24.6 Å². The fourth-order valence-corrected chi connectivity index (χ4v) is 3.76. The van der Waals surface area contributed by atoms with Crippen molar-refractivity contribution >= 4 is 21.7 Å². The number of rotatable bonds is 4. The van der Waals surface area contributed by atoms with E-state index in [2.05, 4.69) is 4.98 Å². The molecule has 0 radical (unpaired) electrons. The molecule has 24 heavy (non-hydrogen) atoms. The van der Waals surface area contributed by atoms with E-state index in [-0.39, 0.29) is 35.2 Å². The summed E-state index contributed by atoms with van der Waals surface area (Å²) in [6.45, 7) is 0.188. The monoisotopic (exact) mass is 350 g/mol. The van der Waals surface area contributed by atoms with Gasteiger partial charge in [0.05, 0.1) is 24.1 Å². The lowest BCUT2D eigenvalue weighted by Gasteiger charge is -2.29. The minimum atomic E-state index is -3.88. The summed E-state index contributed by atoms with van der Waals surface area (Å²) in [5.41, 5.74) is -0.00820. The molecule has 1 aliphatic heterocycles. The van der Waals surface area contributed by atoms with Crippen molar-refractivity contribution in [2.24, 2.45) is 0 Å². The summed E-state index contributed by atoms with van der Waals surface area (Å²) in [5.74, 6) is -0.577. The Morgan fingerprint density at radius 1 is 1.33 bits per heavy atom. The van der Waals surface area contributed by atoms with Crippen molar-refractivity contribution in [3.63, 3.8) is 0 Å². The zero-order chi connectivity index (χ0) is 17.3. The Morgan fingerprint density at radius 2 is 2.04 bits per heavy atom. The van der Waals surface area contributed by atoms with Gasteiger partial charge in [-0.05, 0) is 30.3 Å². The average molecular weight is 350 g/mol. The number of anilines is 1. The lowest BCUT2D eigenvalue weighted by Crippen LogP contribution is -2.38. The zero-order valence-corrected chi connectivity index (χ0v) is 13.5. The topological polar surface area (TPSA) is 106 Å². The Morgan fingerprint density at radius 3 is 2.67 bits per heavy atom. The molecular weight excluding hydrogens is 336 g/mol. The highest BCUT2D eigenvalue weighted by molar-refractivity contribution is 7.92. The molecule has 0 saturated carbocycles. The number of aromatic nitrogens is 1. The van der Waals surface area contributed by atoms with Crippen LogP contribution in [-0.2, 0) is 10.0 Å². The normalized spacial score (nSPS) is 13.8. The third-order valence-electron chi connectivity index (χ3n) is 3.53. The Bertz CT molecular complexity index is 879. The molecule has 3 rings (SSSR count). The number of carbonyl (C=O) groups is 1. The third-order valence-corrected chi connectivity index (χ3v) is 5.36. The van der Waals surface area contributed by atoms with Crippen LogP contribution >= 0.6 is 0 Å². The molecule has 8 nitrogen and oxygen atoms in total. The van der Waals surface area contributed by atoms with E-state index in [1.54, 1.807) is 12.1 Å². The molecule has 0 fully saturated rings. The zero-order valence-electron chi connectivity index (χ0n) is 12.7. The van der Waals surface area contributed by atoms with Gasteiger partial charge in [0, 0.05) is 6.20 Å². The molecule has 1 aliphatic rings. The van der Waals surface area contributed by atoms with E-state index >= 15 is 0 Å². The number of nitrogens with zero attached hydrogens (tertiary/aromatic N) is 2. The summed E-state index contributed by atoms with van der Waals surface area (Å²) in [4.78, 5) is 15.1. The number of hydrogen-bond donors (Lipinski definition) is 1. The van der Waals surface area contributed by atoms with Crippen LogP contribution in [0.25, 0.3) is 0 Å². The predicted octanol–water partition coefficient (Wildman–Crippen LogP) is 1.38. The van der Waals surface area contributed by atoms with Gasteiger partial charge in [0.2, 0.25) is 5.88 Å². The van der Waals surface area contributed by atoms with Gasteiger partial charge in [0.25, 0.3) is 10.0 Å². The first kappa shape index (κ1) is 16.1. The van der Waals surface area contributed by atoms with Gasteiger partial charge in [-0.15, -0.1) is 0 Å². The molecule has 2 aromatic rings. The molecule has 1 aromatic carbocycles.